The molecule has 1 aromatic heterocycles. The van der Waals surface area contributed by atoms with E-state index in [1.54, 1.807) is 0 Å². The third-order valence-corrected chi connectivity index (χ3v) is 3.82. The van der Waals surface area contributed by atoms with Gasteiger partial charge in [0.25, 0.3) is 0 Å². The molecule has 1 heterocycles. The van der Waals surface area contributed by atoms with Crippen LogP contribution in [0.5, 0.6) is 0 Å². The van der Waals surface area contributed by atoms with E-state index < -0.39 is 0 Å². The van der Waals surface area contributed by atoms with Gasteiger partial charge in [0.05, 0.1) is 0 Å². The van der Waals surface area contributed by atoms with Crippen molar-refractivity contribution < 1.29 is 0 Å². The highest BCUT2D eigenvalue weighted by atomic mass is 79.9. The maximum Gasteiger partial charge on any atom is 0.131 e. The molecule has 2 aromatic rings. The number of rotatable bonds is 3. The van der Waals surface area contributed by atoms with Gasteiger partial charge in [0.15, 0.2) is 0 Å². The highest BCUT2D eigenvalue weighted by Gasteiger charge is 2.25. The summed E-state index contributed by atoms with van der Waals surface area (Å²) in [5.41, 5.74) is 8.31. The highest BCUT2D eigenvalue weighted by molar-refractivity contribution is 9.10. The van der Waals surface area contributed by atoms with E-state index in [1.807, 2.05) is 12.1 Å². The van der Waals surface area contributed by atoms with Gasteiger partial charge in [-0.2, -0.15) is 0 Å². The van der Waals surface area contributed by atoms with E-state index in [0.717, 1.165) is 33.9 Å². The molecule has 0 spiro atoms. The Balaban J connectivity index is 2.61. The summed E-state index contributed by atoms with van der Waals surface area (Å²) in [5.74, 6) is 2.33. The van der Waals surface area contributed by atoms with E-state index in [9.17, 15) is 0 Å². The third-order valence-electron chi connectivity index (χ3n) is 3.32. The molecule has 1 aromatic carbocycles. The minimum Gasteiger partial charge on any atom is -0.383 e. The van der Waals surface area contributed by atoms with Crippen LogP contribution >= 0.6 is 15.9 Å². The zero-order valence-corrected chi connectivity index (χ0v) is 15.0. The van der Waals surface area contributed by atoms with Crippen LogP contribution in [0.15, 0.2) is 28.7 Å². The van der Waals surface area contributed by atoms with Gasteiger partial charge in [0.2, 0.25) is 0 Å². The van der Waals surface area contributed by atoms with Gasteiger partial charge in [-0.3, -0.25) is 0 Å². The quantitative estimate of drug-likeness (QED) is 0.860. The zero-order chi connectivity index (χ0) is 15.8. The van der Waals surface area contributed by atoms with Crippen molar-refractivity contribution >= 4 is 21.7 Å². The van der Waals surface area contributed by atoms with Crippen LogP contribution in [0, 0.1) is 5.92 Å². The summed E-state index contributed by atoms with van der Waals surface area (Å²) in [6.45, 7) is 11.8. The molecule has 3 nitrogen and oxygen atoms in total. The monoisotopic (exact) mass is 349 g/mol. The fraction of sp³-hybridized carbons (Fsp3) is 0.471. The average Bonchev–Trinajstić information content (AvgIpc) is 2.66. The number of hydrogen-bond acceptors (Lipinski definition) is 2. The second-order valence-corrected chi connectivity index (χ2v) is 7.85. The van der Waals surface area contributed by atoms with Crippen molar-refractivity contribution in [3.05, 3.63) is 34.6 Å². The van der Waals surface area contributed by atoms with Crippen molar-refractivity contribution in [3.63, 3.8) is 0 Å². The maximum atomic E-state index is 6.42. The largest absolute Gasteiger partial charge is 0.383 e. The van der Waals surface area contributed by atoms with E-state index in [0.29, 0.717) is 5.92 Å². The first-order valence-electron chi connectivity index (χ1n) is 7.32. The fourth-order valence-electron chi connectivity index (χ4n) is 2.44. The predicted octanol–water partition coefficient (Wildman–Crippen LogP) is 4.85. The Kier molecular flexibility index (Phi) is 4.47. The van der Waals surface area contributed by atoms with Gasteiger partial charge in [-0.05, 0) is 18.1 Å². The minimum atomic E-state index is -0.0345. The van der Waals surface area contributed by atoms with Gasteiger partial charge >= 0.3 is 0 Å². The van der Waals surface area contributed by atoms with Crippen LogP contribution in [-0.2, 0) is 12.0 Å². The van der Waals surface area contributed by atoms with E-state index in [2.05, 4.69) is 67.2 Å². The van der Waals surface area contributed by atoms with Gasteiger partial charge in [-0.15, -0.1) is 0 Å². The first kappa shape index (κ1) is 16.1. The summed E-state index contributed by atoms with van der Waals surface area (Å²) < 4.78 is 3.20. The Bertz CT molecular complexity index is 636. The smallest absolute Gasteiger partial charge is 0.131 e. The van der Waals surface area contributed by atoms with Crippen LogP contribution in [0.4, 0.5) is 5.82 Å². The Morgan fingerprint density at radius 2 is 1.95 bits per heavy atom. The van der Waals surface area contributed by atoms with E-state index in [1.165, 1.54) is 0 Å². The van der Waals surface area contributed by atoms with Crippen molar-refractivity contribution in [1.29, 1.82) is 0 Å². The molecule has 0 bridgehead atoms. The third kappa shape index (κ3) is 3.49. The summed E-state index contributed by atoms with van der Waals surface area (Å²) in [6, 6.07) is 8.13. The lowest BCUT2D eigenvalue weighted by Gasteiger charge is -2.21. The number of hydrogen-bond donors (Lipinski definition) is 1. The van der Waals surface area contributed by atoms with Crippen molar-refractivity contribution in [3.8, 4) is 11.3 Å². The van der Waals surface area contributed by atoms with Crippen LogP contribution in [0.2, 0.25) is 0 Å². The van der Waals surface area contributed by atoms with Crippen molar-refractivity contribution in [2.75, 3.05) is 5.73 Å². The van der Waals surface area contributed by atoms with Gasteiger partial charge in [0, 0.05) is 22.0 Å². The van der Waals surface area contributed by atoms with Gasteiger partial charge in [0.1, 0.15) is 17.3 Å². The number of imidazole rings is 1. The van der Waals surface area contributed by atoms with Gasteiger partial charge < -0.3 is 10.3 Å². The number of nitrogens with two attached hydrogens (primary N) is 1. The first-order valence-corrected chi connectivity index (χ1v) is 8.12. The van der Waals surface area contributed by atoms with Crippen molar-refractivity contribution in [2.45, 2.75) is 46.6 Å². The predicted molar refractivity (Wildman–Crippen MR) is 93.3 cm³/mol. The Labute approximate surface area is 135 Å². The fourth-order valence-corrected chi connectivity index (χ4v) is 2.84. The topological polar surface area (TPSA) is 43.8 Å². The number of halogens is 1. The summed E-state index contributed by atoms with van der Waals surface area (Å²) in [4.78, 5) is 4.86. The Morgan fingerprint density at radius 3 is 2.48 bits per heavy atom. The van der Waals surface area contributed by atoms with Gasteiger partial charge in [-0.25, -0.2) is 4.98 Å². The van der Waals surface area contributed by atoms with Crippen LogP contribution in [0.25, 0.3) is 11.3 Å². The molecule has 0 aliphatic rings. The molecule has 0 fully saturated rings. The molecule has 0 saturated heterocycles. The van der Waals surface area contributed by atoms with Crippen LogP contribution in [0.3, 0.4) is 0 Å². The molecule has 0 aliphatic heterocycles. The lowest BCUT2D eigenvalue weighted by Crippen LogP contribution is -2.21. The molecule has 0 amide bonds. The number of aromatic nitrogens is 2. The van der Waals surface area contributed by atoms with Crippen LogP contribution < -0.4 is 5.73 Å². The summed E-state index contributed by atoms with van der Waals surface area (Å²) in [6.07, 6.45) is 0. The van der Waals surface area contributed by atoms with Crippen LogP contribution in [0.1, 0.15) is 40.4 Å². The summed E-state index contributed by atoms with van der Waals surface area (Å²) in [7, 11) is 0. The number of anilines is 1. The maximum absolute atomic E-state index is 6.42. The lowest BCUT2D eigenvalue weighted by atomic mass is 9.95. The normalized spacial score (nSPS) is 12.1. The van der Waals surface area contributed by atoms with Gasteiger partial charge in [-0.1, -0.05) is 62.7 Å². The molecule has 2 N–H and O–H groups in total. The number of nitrogens with zero attached hydrogens (tertiary/aromatic N) is 2. The molecular weight excluding hydrogens is 326 g/mol. The molecule has 2 rings (SSSR count). The van der Waals surface area contributed by atoms with Crippen LogP contribution in [-0.4, -0.2) is 9.55 Å². The summed E-state index contributed by atoms with van der Waals surface area (Å²) in [5, 5.41) is 0. The molecule has 0 aliphatic carbocycles. The standard InChI is InChI=1S/C17H24BrN3/c1-11(2)10-21-15(19)14(20-16(21)17(3,4)5)12-7-6-8-13(18)9-12/h6-9,11H,10,19H2,1-5H3. The Morgan fingerprint density at radius 1 is 1.29 bits per heavy atom. The molecule has 4 heteroatoms. The molecule has 0 unspecified atom stereocenters. The molecular formula is C17H24BrN3. The molecule has 0 radical (unpaired) electrons. The summed E-state index contributed by atoms with van der Waals surface area (Å²) >= 11 is 3.51. The average molecular weight is 350 g/mol. The number of nitrogen functional groups attached to an aromatic ring is 1. The Hall–Kier alpha value is -1.29. The molecule has 0 saturated carbocycles. The zero-order valence-electron chi connectivity index (χ0n) is 13.4. The minimum absolute atomic E-state index is 0.0345. The van der Waals surface area contributed by atoms with E-state index >= 15 is 0 Å². The second-order valence-electron chi connectivity index (χ2n) is 6.93. The second kappa shape index (κ2) is 5.84. The number of benzene rings is 1. The highest BCUT2D eigenvalue weighted by Crippen LogP contribution is 2.33. The van der Waals surface area contributed by atoms with Crippen molar-refractivity contribution in [1.82, 2.24) is 9.55 Å². The SMILES string of the molecule is CC(C)Cn1c(C(C)(C)C)nc(-c2cccc(Br)c2)c1N. The molecule has 0 atom stereocenters. The van der Waals surface area contributed by atoms with Crippen molar-refractivity contribution in [2.24, 2.45) is 5.92 Å². The lowest BCUT2D eigenvalue weighted by molar-refractivity contribution is 0.455. The molecule has 114 valence electrons. The van der Waals surface area contributed by atoms with E-state index in [-0.39, 0.29) is 5.41 Å². The molecule has 21 heavy (non-hydrogen) atoms. The van der Waals surface area contributed by atoms with E-state index in [4.69, 9.17) is 10.7 Å². The first-order chi connectivity index (χ1) is 9.70.